The quantitative estimate of drug-likeness (QED) is 0.795. The predicted molar refractivity (Wildman–Crippen MR) is 84.7 cm³/mol. The van der Waals surface area contributed by atoms with Crippen LogP contribution in [0.1, 0.15) is 12.5 Å². The summed E-state index contributed by atoms with van der Waals surface area (Å²) in [6, 6.07) is 20.2. The van der Waals surface area contributed by atoms with Crippen LogP contribution in [0.2, 0.25) is 0 Å². The summed E-state index contributed by atoms with van der Waals surface area (Å²) >= 11 is 0. The van der Waals surface area contributed by atoms with Crippen LogP contribution in [-0.2, 0) is 11.3 Å². The van der Waals surface area contributed by atoms with E-state index >= 15 is 0 Å². The highest BCUT2D eigenvalue weighted by molar-refractivity contribution is 5.82. The van der Waals surface area contributed by atoms with Crippen LogP contribution < -0.4 is 5.32 Å². The summed E-state index contributed by atoms with van der Waals surface area (Å²) in [7, 11) is 0. The van der Waals surface area contributed by atoms with Crippen molar-refractivity contribution in [3.05, 3.63) is 66.2 Å². The topological polar surface area (TPSA) is 42.0 Å². The van der Waals surface area contributed by atoms with Crippen molar-refractivity contribution in [3.8, 4) is 11.3 Å². The van der Waals surface area contributed by atoms with E-state index in [4.69, 9.17) is 4.98 Å². The van der Waals surface area contributed by atoms with Gasteiger partial charge in [0.25, 0.3) is 0 Å². The summed E-state index contributed by atoms with van der Waals surface area (Å²) in [4.78, 5) is 15.8. The van der Waals surface area contributed by atoms with Crippen LogP contribution in [0.25, 0.3) is 22.2 Å². The van der Waals surface area contributed by atoms with E-state index in [1.807, 2.05) is 48.5 Å². The van der Waals surface area contributed by atoms with Gasteiger partial charge in [-0.1, -0.05) is 48.5 Å². The van der Waals surface area contributed by atoms with Crippen LogP contribution in [0.15, 0.2) is 60.7 Å². The number of para-hydroxylation sites is 1. The zero-order valence-electron chi connectivity index (χ0n) is 11.8. The fourth-order valence-electron chi connectivity index (χ4n) is 2.36. The largest absolute Gasteiger partial charge is 0.352 e. The average molecular weight is 276 g/mol. The third kappa shape index (κ3) is 2.92. The zero-order chi connectivity index (χ0) is 14.7. The molecule has 0 saturated carbocycles. The summed E-state index contributed by atoms with van der Waals surface area (Å²) in [6.45, 7) is 2.04. The van der Waals surface area contributed by atoms with E-state index in [0.717, 1.165) is 27.7 Å². The molecule has 0 unspecified atom stereocenters. The number of benzene rings is 2. The lowest BCUT2D eigenvalue weighted by molar-refractivity contribution is -0.119. The number of fused-ring (bicyclic) bond motifs is 1. The van der Waals surface area contributed by atoms with Gasteiger partial charge in [0.05, 0.1) is 11.2 Å². The first-order valence-electron chi connectivity index (χ1n) is 6.92. The molecular formula is C18H16N2O. The number of nitrogens with one attached hydrogen (secondary N) is 1. The van der Waals surface area contributed by atoms with Gasteiger partial charge in [-0.15, -0.1) is 0 Å². The molecular weight excluding hydrogens is 260 g/mol. The lowest BCUT2D eigenvalue weighted by Gasteiger charge is -2.10. The fraction of sp³-hybridized carbons (Fsp3) is 0.111. The normalized spacial score (nSPS) is 10.5. The van der Waals surface area contributed by atoms with Crippen molar-refractivity contribution in [2.75, 3.05) is 0 Å². The SMILES string of the molecule is CC(=O)NCc1ccccc1-c1ccc2ccccc2n1. The summed E-state index contributed by atoms with van der Waals surface area (Å²) in [5, 5.41) is 3.97. The predicted octanol–water partition coefficient (Wildman–Crippen LogP) is 3.54. The average Bonchev–Trinajstić information content (AvgIpc) is 2.52. The van der Waals surface area contributed by atoms with E-state index in [0.29, 0.717) is 6.54 Å². The first-order valence-corrected chi connectivity index (χ1v) is 6.92. The number of hydrogen-bond acceptors (Lipinski definition) is 2. The molecule has 0 saturated heterocycles. The highest BCUT2D eigenvalue weighted by Crippen LogP contribution is 2.24. The van der Waals surface area contributed by atoms with Gasteiger partial charge in [0.1, 0.15) is 0 Å². The van der Waals surface area contributed by atoms with E-state index in [2.05, 4.69) is 17.4 Å². The molecule has 3 heteroatoms. The van der Waals surface area contributed by atoms with Gasteiger partial charge in [0, 0.05) is 24.4 Å². The Bertz CT molecular complexity index is 796. The molecule has 0 radical (unpaired) electrons. The van der Waals surface area contributed by atoms with Crippen molar-refractivity contribution < 1.29 is 4.79 Å². The van der Waals surface area contributed by atoms with Crippen molar-refractivity contribution >= 4 is 16.8 Å². The molecule has 1 N–H and O–H groups in total. The number of nitrogens with zero attached hydrogens (tertiary/aromatic N) is 1. The van der Waals surface area contributed by atoms with Gasteiger partial charge >= 0.3 is 0 Å². The Hall–Kier alpha value is -2.68. The highest BCUT2D eigenvalue weighted by atomic mass is 16.1. The Morgan fingerprint density at radius 2 is 1.76 bits per heavy atom. The standard InChI is InChI=1S/C18H16N2O/c1-13(21)19-12-15-7-2-4-8-16(15)18-11-10-14-6-3-5-9-17(14)20-18/h2-11H,12H2,1H3,(H,19,21). The first kappa shape index (κ1) is 13.3. The van der Waals surface area contributed by atoms with Crippen molar-refractivity contribution in [2.45, 2.75) is 13.5 Å². The van der Waals surface area contributed by atoms with Gasteiger partial charge in [-0.05, 0) is 17.7 Å². The molecule has 1 amide bonds. The minimum absolute atomic E-state index is 0.0312. The zero-order valence-corrected chi connectivity index (χ0v) is 11.8. The molecule has 0 bridgehead atoms. The Morgan fingerprint density at radius 3 is 2.62 bits per heavy atom. The van der Waals surface area contributed by atoms with Crippen LogP contribution in [0, 0.1) is 0 Å². The lowest BCUT2D eigenvalue weighted by Crippen LogP contribution is -2.19. The number of aromatic nitrogens is 1. The van der Waals surface area contributed by atoms with Crippen LogP contribution in [0.3, 0.4) is 0 Å². The number of carbonyl (C=O) groups is 1. The van der Waals surface area contributed by atoms with Crippen LogP contribution in [0.5, 0.6) is 0 Å². The molecule has 0 aliphatic rings. The summed E-state index contributed by atoms with van der Waals surface area (Å²) in [6.07, 6.45) is 0. The van der Waals surface area contributed by atoms with Crippen molar-refractivity contribution in [1.29, 1.82) is 0 Å². The molecule has 0 atom stereocenters. The Kier molecular flexibility index (Phi) is 3.65. The minimum atomic E-state index is -0.0312. The molecule has 0 aliphatic carbocycles. The maximum Gasteiger partial charge on any atom is 0.217 e. The van der Waals surface area contributed by atoms with E-state index in [1.54, 1.807) is 0 Å². The molecule has 0 fully saturated rings. The third-order valence-corrected chi connectivity index (χ3v) is 3.42. The summed E-state index contributed by atoms with van der Waals surface area (Å²) in [5.74, 6) is -0.0312. The smallest absolute Gasteiger partial charge is 0.217 e. The van der Waals surface area contributed by atoms with Crippen molar-refractivity contribution in [1.82, 2.24) is 10.3 Å². The van der Waals surface area contributed by atoms with Gasteiger partial charge in [0.2, 0.25) is 5.91 Å². The molecule has 0 aliphatic heterocycles. The number of amides is 1. The van der Waals surface area contributed by atoms with E-state index in [9.17, 15) is 4.79 Å². The minimum Gasteiger partial charge on any atom is -0.352 e. The third-order valence-electron chi connectivity index (χ3n) is 3.42. The summed E-state index contributed by atoms with van der Waals surface area (Å²) < 4.78 is 0. The molecule has 2 aromatic carbocycles. The van der Waals surface area contributed by atoms with E-state index in [1.165, 1.54) is 6.92 Å². The molecule has 0 spiro atoms. The molecule has 3 nitrogen and oxygen atoms in total. The Morgan fingerprint density at radius 1 is 1.00 bits per heavy atom. The van der Waals surface area contributed by atoms with Gasteiger partial charge in [-0.3, -0.25) is 4.79 Å². The monoisotopic (exact) mass is 276 g/mol. The van der Waals surface area contributed by atoms with Gasteiger partial charge in [0.15, 0.2) is 0 Å². The Labute approximate surface area is 123 Å². The first-order chi connectivity index (χ1) is 10.2. The van der Waals surface area contributed by atoms with Gasteiger partial charge in [-0.2, -0.15) is 0 Å². The van der Waals surface area contributed by atoms with E-state index < -0.39 is 0 Å². The molecule has 3 aromatic rings. The van der Waals surface area contributed by atoms with Crippen LogP contribution in [0.4, 0.5) is 0 Å². The van der Waals surface area contributed by atoms with Gasteiger partial charge < -0.3 is 5.32 Å². The number of rotatable bonds is 3. The summed E-state index contributed by atoms with van der Waals surface area (Å²) in [5.41, 5.74) is 4.02. The second kappa shape index (κ2) is 5.75. The second-order valence-corrected chi connectivity index (χ2v) is 4.96. The lowest BCUT2D eigenvalue weighted by atomic mass is 10.0. The number of carbonyl (C=O) groups excluding carboxylic acids is 1. The maximum absolute atomic E-state index is 11.1. The Balaban J connectivity index is 2.03. The molecule has 1 heterocycles. The fourth-order valence-corrected chi connectivity index (χ4v) is 2.36. The maximum atomic E-state index is 11.1. The van der Waals surface area contributed by atoms with Crippen molar-refractivity contribution in [3.63, 3.8) is 0 Å². The highest BCUT2D eigenvalue weighted by Gasteiger charge is 2.07. The van der Waals surface area contributed by atoms with E-state index in [-0.39, 0.29) is 5.91 Å². The van der Waals surface area contributed by atoms with Crippen LogP contribution in [-0.4, -0.2) is 10.9 Å². The van der Waals surface area contributed by atoms with Gasteiger partial charge in [-0.25, -0.2) is 4.98 Å². The number of pyridine rings is 1. The molecule has 3 rings (SSSR count). The molecule has 1 aromatic heterocycles. The van der Waals surface area contributed by atoms with Crippen molar-refractivity contribution in [2.24, 2.45) is 0 Å². The second-order valence-electron chi connectivity index (χ2n) is 4.96. The van der Waals surface area contributed by atoms with Crippen LogP contribution >= 0.6 is 0 Å². The molecule has 104 valence electrons. The number of hydrogen-bond donors (Lipinski definition) is 1. The molecule has 21 heavy (non-hydrogen) atoms.